The van der Waals surface area contributed by atoms with Crippen LogP contribution in [0, 0.1) is 13.8 Å². The van der Waals surface area contributed by atoms with Gasteiger partial charge in [0.1, 0.15) is 31.4 Å². The molecule has 154 valence electrons. The predicted octanol–water partition coefficient (Wildman–Crippen LogP) is 2.10. The Bertz CT molecular complexity index is 840. The van der Waals surface area contributed by atoms with Crippen LogP contribution in [0.2, 0.25) is 0 Å². The Hall–Kier alpha value is -2.63. The Morgan fingerprint density at radius 1 is 1.14 bits per heavy atom. The number of hydrogen-bond donors (Lipinski definition) is 2. The first-order valence-electron chi connectivity index (χ1n) is 10.2. The van der Waals surface area contributed by atoms with Crippen LogP contribution in [0.3, 0.4) is 0 Å². The average Bonchev–Trinajstić information content (AvgIpc) is 2.73. The van der Waals surface area contributed by atoms with Gasteiger partial charge in [-0.15, -0.1) is 0 Å². The monoisotopic (exact) mass is 395 g/mol. The minimum atomic E-state index is -0.105. The number of hydrogen-bond acceptors (Lipinski definition) is 3. The zero-order chi connectivity index (χ0) is 20.6. The van der Waals surface area contributed by atoms with Crippen LogP contribution in [0.15, 0.2) is 48.5 Å². The number of morpholine rings is 1. The van der Waals surface area contributed by atoms with Gasteiger partial charge in [-0.05, 0) is 37.6 Å². The molecule has 0 saturated carbocycles. The van der Waals surface area contributed by atoms with Crippen molar-refractivity contribution in [1.29, 1.82) is 0 Å². The van der Waals surface area contributed by atoms with Gasteiger partial charge in [-0.3, -0.25) is 4.79 Å². The Balaban J connectivity index is 1.73. The third-order valence-electron chi connectivity index (χ3n) is 5.29. The highest BCUT2D eigenvalue weighted by Crippen LogP contribution is 2.21. The number of aryl methyl sites for hydroxylation is 2. The van der Waals surface area contributed by atoms with Crippen molar-refractivity contribution in [3.8, 4) is 5.75 Å². The number of nitrogens with one attached hydrogen (secondary N) is 2. The van der Waals surface area contributed by atoms with Gasteiger partial charge in [0.25, 0.3) is 0 Å². The minimum absolute atomic E-state index is 0.0414. The molecular weight excluding hydrogens is 364 g/mol. The molecule has 1 heterocycles. The zero-order valence-corrected chi connectivity index (χ0v) is 17.5. The van der Waals surface area contributed by atoms with E-state index in [0.717, 1.165) is 55.3 Å². The SMILES string of the molecule is COc1ccc(C)cc1/C=C/C(=O)N[C@H](C[NH+]1CCOCC1)c1ccc(C)cc1. The molecule has 0 aliphatic carbocycles. The van der Waals surface area contributed by atoms with Crippen LogP contribution < -0.4 is 15.0 Å². The van der Waals surface area contributed by atoms with E-state index in [4.69, 9.17) is 9.47 Å². The Labute approximate surface area is 173 Å². The summed E-state index contributed by atoms with van der Waals surface area (Å²) >= 11 is 0. The molecule has 0 aromatic heterocycles. The number of methoxy groups -OCH3 is 1. The van der Waals surface area contributed by atoms with Gasteiger partial charge in [-0.25, -0.2) is 0 Å². The smallest absolute Gasteiger partial charge is 0.244 e. The first kappa shape index (κ1) is 21.1. The van der Waals surface area contributed by atoms with Gasteiger partial charge in [0.05, 0.1) is 20.3 Å². The van der Waals surface area contributed by atoms with Crippen LogP contribution in [-0.2, 0) is 9.53 Å². The van der Waals surface area contributed by atoms with E-state index >= 15 is 0 Å². The number of benzene rings is 2. The lowest BCUT2D eigenvalue weighted by molar-refractivity contribution is -0.909. The van der Waals surface area contributed by atoms with Crippen molar-refractivity contribution in [3.05, 3.63) is 70.8 Å². The minimum Gasteiger partial charge on any atom is -0.496 e. The van der Waals surface area contributed by atoms with Crippen LogP contribution in [0.4, 0.5) is 0 Å². The summed E-state index contributed by atoms with van der Waals surface area (Å²) < 4.78 is 10.9. The summed E-state index contributed by atoms with van der Waals surface area (Å²) in [4.78, 5) is 14.2. The molecule has 1 fully saturated rings. The third-order valence-corrected chi connectivity index (χ3v) is 5.29. The standard InChI is InChI=1S/C24H30N2O3/c1-18-4-7-20(8-5-18)22(17-26-12-14-29-15-13-26)25-24(27)11-9-21-16-19(2)6-10-23(21)28-3/h4-11,16,22H,12-15,17H2,1-3H3,(H,25,27)/p+1/b11-9+/t22-/m1/s1. The first-order chi connectivity index (χ1) is 14.0. The van der Waals surface area contributed by atoms with Crippen molar-refractivity contribution in [1.82, 2.24) is 5.32 Å². The molecule has 2 aromatic rings. The fourth-order valence-corrected chi connectivity index (χ4v) is 3.57. The van der Waals surface area contributed by atoms with Crippen molar-refractivity contribution in [2.75, 3.05) is 40.0 Å². The molecule has 0 radical (unpaired) electrons. The molecule has 0 spiro atoms. The largest absolute Gasteiger partial charge is 0.496 e. The van der Waals surface area contributed by atoms with Crippen molar-refractivity contribution < 1.29 is 19.2 Å². The molecule has 1 amide bonds. The highest BCUT2D eigenvalue weighted by molar-refractivity contribution is 5.92. The highest BCUT2D eigenvalue weighted by atomic mass is 16.5. The molecule has 29 heavy (non-hydrogen) atoms. The Morgan fingerprint density at radius 3 is 2.52 bits per heavy atom. The molecule has 0 unspecified atom stereocenters. The van der Waals surface area contributed by atoms with Gasteiger partial charge in [0.15, 0.2) is 0 Å². The summed E-state index contributed by atoms with van der Waals surface area (Å²) in [5, 5.41) is 3.19. The van der Waals surface area contributed by atoms with Crippen molar-refractivity contribution in [2.24, 2.45) is 0 Å². The van der Waals surface area contributed by atoms with E-state index in [1.807, 2.05) is 31.2 Å². The van der Waals surface area contributed by atoms with Crippen LogP contribution in [-0.4, -0.2) is 45.9 Å². The van der Waals surface area contributed by atoms with Gasteiger partial charge in [0, 0.05) is 11.6 Å². The van der Waals surface area contributed by atoms with Crippen molar-refractivity contribution >= 4 is 12.0 Å². The van der Waals surface area contributed by atoms with E-state index < -0.39 is 0 Å². The summed E-state index contributed by atoms with van der Waals surface area (Å²) in [5.41, 5.74) is 4.36. The Morgan fingerprint density at radius 2 is 1.83 bits per heavy atom. The second kappa shape index (κ2) is 10.2. The fourth-order valence-electron chi connectivity index (χ4n) is 3.57. The van der Waals surface area contributed by atoms with Crippen molar-refractivity contribution in [3.63, 3.8) is 0 Å². The molecule has 3 rings (SSSR count). The summed E-state index contributed by atoms with van der Waals surface area (Å²) in [6.45, 7) is 8.43. The van der Waals surface area contributed by atoms with Crippen LogP contribution in [0.5, 0.6) is 5.75 Å². The second-order valence-corrected chi connectivity index (χ2v) is 7.62. The molecule has 1 saturated heterocycles. The van der Waals surface area contributed by atoms with E-state index in [-0.39, 0.29) is 11.9 Å². The van der Waals surface area contributed by atoms with Gasteiger partial charge in [0.2, 0.25) is 5.91 Å². The molecular formula is C24H31N2O3+. The molecule has 5 nitrogen and oxygen atoms in total. The predicted molar refractivity (Wildman–Crippen MR) is 115 cm³/mol. The number of carbonyl (C=O) groups excluding carboxylic acids is 1. The Kier molecular flexibility index (Phi) is 7.44. The number of amides is 1. The molecule has 0 bridgehead atoms. The van der Waals surface area contributed by atoms with E-state index in [2.05, 4.69) is 36.5 Å². The topological polar surface area (TPSA) is 52.0 Å². The number of ether oxygens (including phenoxy) is 2. The maximum atomic E-state index is 12.7. The summed E-state index contributed by atoms with van der Waals surface area (Å²) in [7, 11) is 1.64. The van der Waals surface area contributed by atoms with E-state index in [9.17, 15) is 4.79 Å². The van der Waals surface area contributed by atoms with Crippen LogP contribution >= 0.6 is 0 Å². The van der Waals surface area contributed by atoms with Gasteiger partial charge < -0.3 is 19.7 Å². The lowest BCUT2D eigenvalue weighted by atomic mass is 10.0. The van der Waals surface area contributed by atoms with E-state index in [0.29, 0.717) is 0 Å². The average molecular weight is 396 g/mol. The number of rotatable bonds is 7. The van der Waals surface area contributed by atoms with Gasteiger partial charge in [-0.2, -0.15) is 0 Å². The lowest BCUT2D eigenvalue weighted by Gasteiger charge is -2.28. The molecule has 1 aliphatic heterocycles. The van der Waals surface area contributed by atoms with Crippen LogP contribution in [0.1, 0.15) is 28.3 Å². The maximum absolute atomic E-state index is 12.7. The van der Waals surface area contributed by atoms with Gasteiger partial charge >= 0.3 is 0 Å². The summed E-state index contributed by atoms with van der Waals surface area (Å²) in [6, 6.07) is 14.3. The molecule has 1 atom stereocenters. The number of carbonyl (C=O) groups is 1. The van der Waals surface area contributed by atoms with Gasteiger partial charge in [-0.1, -0.05) is 41.5 Å². The fraction of sp³-hybridized carbons (Fsp3) is 0.375. The van der Waals surface area contributed by atoms with E-state index in [1.54, 1.807) is 13.2 Å². The summed E-state index contributed by atoms with van der Waals surface area (Å²) in [5.74, 6) is 0.652. The molecule has 5 heteroatoms. The molecule has 1 aliphatic rings. The summed E-state index contributed by atoms with van der Waals surface area (Å²) in [6.07, 6.45) is 3.40. The van der Waals surface area contributed by atoms with E-state index in [1.165, 1.54) is 10.5 Å². The van der Waals surface area contributed by atoms with Crippen LogP contribution in [0.25, 0.3) is 6.08 Å². The molecule has 2 aromatic carbocycles. The zero-order valence-electron chi connectivity index (χ0n) is 17.5. The quantitative estimate of drug-likeness (QED) is 0.706. The highest BCUT2D eigenvalue weighted by Gasteiger charge is 2.22. The second-order valence-electron chi connectivity index (χ2n) is 7.62. The molecule has 2 N–H and O–H groups in total. The van der Waals surface area contributed by atoms with Crippen molar-refractivity contribution in [2.45, 2.75) is 19.9 Å². The lowest BCUT2D eigenvalue weighted by Crippen LogP contribution is -3.14. The number of quaternary nitrogens is 1. The first-order valence-corrected chi connectivity index (χ1v) is 10.2. The maximum Gasteiger partial charge on any atom is 0.244 e. The normalized spacial score (nSPS) is 16.0. The third kappa shape index (κ3) is 6.17.